The summed E-state index contributed by atoms with van der Waals surface area (Å²) in [6, 6.07) is 6.26. The monoisotopic (exact) mass is 376 g/mol. The van der Waals surface area contributed by atoms with Crippen molar-refractivity contribution in [2.75, 3.05) is 37.7 Å². The fourth-order valence-electron chi connectivity index (χ4n) is 2.35. The number of thioether (sulfide) groups is 1. The summed E-state index contributed by atoms with van der Waals surface area (Å²) in [6.45, 7) is 3.59. The van der Waals surface area contributed by atoms with E-state index in [2.05, 4.69) is 6.92 Å². The van der Waals surface area contributed by atoms with Crippen molar-refractivity contribution in [1.29, 1.82) is 0 Å². The fourth-order valence-corrected chi connectivity index (χ4v) is 4.86. The molecule has 0 bridgehead atoms. The smallest absolute Gasteiger partial charge is 0.243 e. The maximum atomic E-state index is 12.6. The van der Waals surface area contributed by atoms with E-state index in [1.807, 2.05) is 0 Å². The third-order valence-corrected chi connectivity index (χ3v) is 6.88. The van der Waals surface area contributed by atoms with Crippen LogP contribution in [0.2, 0.25) is 5.02 Å². The summed E-state index contributed by atoms with van der Waals surface area (Å²) in [5.74, 6) is 1.52. The van der Waals surface area contributed by atoms with Crippen molar-refractivity contribution in [2.24, 2.45) is 0 Å². The number of hydrogen-bond donors (Lipinski definition) is 0. The third-order valence-electron chi connectivity index (χ3n) is 3.60. The van der Waals surface area contributed by atoms with Gasteiger partial charge in [0.05, 0.1) is 10.6 Å². The van der Waals surface area contributed by atoms with Crippen LogP contribution in [0.4, 0.5) is 0 Å². The minimum Gasteiger partial charge on any atom is -0.339 e. The molecule has 1 amide bonds. The van der Waals surface area contributed by atoms with Crippen LogP contribution >= 0.6 is 23.4 Å². The predicted octanol–water partition coefficient (Wildman–Crippen LogP) is 2.32. The zero-order valence-electron chi connectivity index (χ0n) is 13.1. The Morgan fingerprint density at radius 2 is 1.96 bits per heavy atom. The third kappa shape index (κ3) is 4.86. The van der Waals surface area contributed by atoms with Crippen LogP contribution in [-0.2, 0) is 14.8 Å². The molecule has 1 aliphatic heterocycles. The van der Waals surface area contributed by atoms with Crippen molar-refractivity contribution in [1.82, 2.24) is 9.21 Å². The molecular formula is C15H21ClN2O3S2. The van der Waals surface area contributed by atoms with Crippen LogP contribution in [0.1, 0.15) is 13.3 Å². The average Bonchev–Trinajstić information content (AvgIpc) is 2.55. The first-order chi connectivity index (χ1) is 10.9. The molecule has 1 heterocycles. The maximum absolute atomic E-state index is 12.6. The van der Waals surface area contributed by atoms with E-state index in [-0.39, 0.29) is 10.8 Å². The summed E-state index contributed by atoms with van der Waals surface area (Å²) in [7, 11) is -3.55. The van der Waals surface area contributed by atoms with Crippen molar-refractivity contribution in [3.63, 3.8) is 0 Å². The topological polar surface area (TPSA) is 57.7 Å². The summed E-state index contributed by atoms with van der Waals surface area (Å²) >= 11 is 7.50. The van der Waals surface area contributed by atoms with Gasteiger partial charge < -0.3 is 4.90 Å². The van der Waals surface area contributed by atoms with Gasteiger partial charge in [-0.05, 0) is 30.4 Å². The molecule has 1 aromatic rings. The van der Waals surface area contributed by atoms with Gasteiger partial charge in [-0.15, -0.1) is 0 Å². The van der Waals surface area contributed by atoms with Crippen LogP contribution in [0.5, 0.6) is 0 Å². The zero-order chi connectivity index (χ0) is 16.9. The number of amides is 1. The minimum absolute atomic E-state index is 0.0863. The maximum Gasteiger partial charge on any atom is 0.243 e. The number of carbonyl (C=O) groups is 1. The SMILES string of the molecule is CCCSCC(=O)N1CCN(S(=O)(=O)c2cccc(Cl)c2)CC1. The number of sulfonamides is 1. The highest BCUT2D eigenvalue weighted by molar-refractivity contribution is 7.99. The normalized spacial score (nSPS) is 16.5. The molecule has 0 aromatic heterocycles. The molecule has 128 valence electrons. The molecule has 1 aliphatic rings. The second-order valence-electron chi connectivity index (χ2n) is 5.29. The van der Waals surface area contributed by atoms with Crippen molar-refractivity contribution in [3.05, 3.63) is 29.3 Å². The van der Waals surface area contributed by atoms with Gasteiger partial charge in [0.2, 0.25) is 15.9 Å². The fraction of sp³-hybridized carbons (Fsp3) is 0.533. The first kappa shape index (κ1) is 18.6. The molecular weight excluding hydrogens is 356 g/mol. The van der Waals surface area contributed by atoms with Crippen LogP contribution in [0, 0.1) is 0 Å². The molecule has 0 aliphatic carbocycles. The number of carbonyl (C=O) groups excluding carboxylic acids is 1. The quantitative estimate of drug-likeness (QED) is 0.715. The van der Waals surface area contributed by atoms with Crippen LogP contribution in [0.25, 0.3) is 0 Å². The van der Waals surface area contributed by atoms with Gasteiger partial charge in [-0.3, -0.25) is 4.79 Å². The van der Waals surface area contributed by atoms with Gasteiger partial charge in [0, 0.05) is 31.2 Å². The average molecular weight is 377 g/mol. The Hall–Kier alpha value is -0.760. The minimum atomic E-state index is -3.55. The lowest BCUT2D eigenvalue weighted by atomic mass is 10.3. The lowest BCUT2D eigenvalue weighted by Gasteiger charge is -2.34. The van der Waals surface area contributed by atoms with E-state index in [0.29, 0.717) is 37.0 Å². The molecule has 0 saturated carbocycles. The lowest BCUT2D eigenvalue weighted by Crippen LogP contribution is -2.51. The molecule has 0 N–H and O–H groups in total. The van der Waals surface area contributed by atoms with Gasteiger partial charge in [-0.2, -0.15) is 16.1 Å². The lowest BCUT2D eigenvalue weighted by molar-refractivity contribution is -0.129. The molecule has 5 nitrogen and oxygen atoms in total. The Balaban J connectivity index is 1.94. The molecule has 1 saturated heterocycles. The first-order valence-electron chi connectivity index (χ1n) is 7.56. The molecule has 8 heteroatoms. The molecule has 0 unspecified atom stereocenters. The van der Waals surface area contributed by atoms with Crippen molar-refractivity contribution in [2.45, 2.75) is 18.2 Å². The summed E-state index contributed by atoms with van der Waals surface area (Å²) < 4.78 is 26.6. The van der Waals surface area contributed by atoms with E-state index in [4.69, 9.17) is 11.6 Å². The summed E-state index contributed by atoms with van der Waals surface area (Å²) in [5, 5.41) is 0.396. The second-order valence-corrected chi connectivity index (χ2v) is 8.77. The molecule has 0 atom stereocenters. The van der Waals surface area contributed by atoms with Gasteiger partial charge >= 0.3 is 0 Å². The van der Waals surface area contributed by atoms with Gasteiger partial charge in [0.25, 0.3) is 0 Å². The van der Waals surface area contributed by atoms with Crippen LogP contribution in [0.3, 0.4) is 0 Å². The summed E-state index contributed by atoms with van der Waals surface area (Å²) in [4.78, 5) is 14.0. The molecule has 1 fully saturated rings. The highest BCUT2D eigenvalue weighted by Gasteiger charge is 2.30. The Labute approximate surface area is 147 Å². The number of nitrogens with zero attached hydrogens (tertiary/aromatic N) is 2. The Kier molecular flexibility index (Phi) is 6.76. The Morgan fingerprint density at radius 3 is 2.57 bits per heavy atom. The summed E-state index contributed by atoms with van der Waals surface area (Å²) in [6.07, 6.45) is 1.05. The Bertz CT molecular complexity index is 644. The molecule has 1 aromatic carbocycles. The number of benzene rings is 1. The number of halogens is 1. The first-order valence-corrected chi connectivity index (χ1v) is 10.5. The van der Waals surface area contributed by atoms with E-state index in [1.165, 1.54) is 10.4 Å². The van der Waals surface area contributed by atoms with E-state index < -0.39 is 10.0 Å². The predicted molar refractivity (Wildman–Crippen MR) is 94.4 cm³/mol. The Morgan fingerprint density at radius 1 is 1.26 bits per heavy atom. The molecule has 23 heavy (non-hydrogen) atoms. The molecule has 2 rings (SSSR count). The van der Waals surface area contributed by atoms with E-state index in [1.54, 1.807) is 34.9 Å². The van der Waals surface area contributed by atoms with Crippen molar-refractivity contribution < 1.29 is 13.2 Å². The van der Waals surface area contributed by atoms with Gasteiger partial charge in [0.15, 0.2) is 0 Å². The van der Waals surface area contributed by atoms with Gasteiger partial charge in [-0.1, -0.05) is 24.6 Å². The highest BCUT2D eigenvalue weighted by Crippen LogP contribution is 2.21. The molecule has 0 spiro atoms. The second kappa shape index (κ2) is 8.37. The standard InChI is InChI=1S/C15H21ClN2O3S2/c1-2-10-22-12-15(19)17-6-8-18(9-7-17)23(20,21)14-5-3-4-13(16)11-14/h3-5,11H,2,6-10,12H2,1H3. The van der Waals surface area contributed by atoms with Crippen LogP contribution < -0.4 is 0 Å². The largest absolute Gasteiger partial charge is 0.339 e. The number of hydrogen-bond acceptors (Lipinski definition) is 4. The van der Waals surface area contributed by atoms with Crippen molar-refractivity contribution in [3.8, 4) is 0 Å². The van der Waals surface area contributed by atoms with Crippen LogP contribution in [0.15, 0.2) is 29.2 Å². The van der Waals surface area contributed by atoms with E-state index >= 15 is 0 Å². The van der Waals surface area contributed by atoms with Gasteiger partial charge in [0.1, 0.15) is 0 Å². The van der Waals surface area contributed by atoms with Crippen molar-refractivity contribution >= 4 is 39.3 Å². The van der Waals surface area contributed by atoms with E-state index in [0.717, 1.165) is 12.2 Å². The van der Waals surface area contributed by atoms with Crippen LogP contribution in [-0.4, -0.2) is 61.2 Å². The number of piperazine rings is 1. The highest BCUT2D eigenvalue weighted by atomic mass is 35.5. The van der Waals surface area contributed by atoms with E-state index in [9.17, 15) is 13.2 Å². The zero-order valence-corrected chi connectivity index (χ0v) is 15.5. The molecule has 0 radical (unpaired) electrons. The summed E-state index contributed by atoms with van der Waals surface area (Å²) in [5.41, 5.74) is 0. The number of rotatable bonds is 6. The van der Waals surface area contributed by atoms with Gasteiger partial charge in [-0.25, -0.2) is 8.42 Å².